The molecule has 1 aromatic rings. The van der Waals surface area contributed by atoms with Crippen LogP contribution in [0.1, 0.15) is 22.3 Å². The van der Waals surface area contributed by atoms with Gasteiger partial charge in [-0.15, -0.1) is 0 Å². The molecule has 0 bridgehead atoms. The molecule has 2 N–H and O–H groups in total. The molecule has 0 atom stereocenters. The van der Waals surface area contributed by atoms with Gasteiger partial charge in [-0.05, 0) is 25.0 Å². The molecule has 0 heterocycles. The van der Waals surface area contributed by atoms with Crippen LogP contribution in [0.3, 0.4) is 0 Å². The number of alkyl halides is 8. The predicted molar refractivity (Wildman–Crippen MR) is 58.0 cm³/mol. The first-order chi connectivity index (χ1) is 9.55. The van der Waals surface area contributed by atoms with E-state index in [0.717, 1.165) is 13.8 Å². The second-order valence-corrected chi connectivity index (χ2v) is 4.64. The molecular weight excluding hydrogens is 328 g/mol. The molecule has 0 amide bonds. The lowest BCUT2D eigenvalue weighted by Crippen LogP contribution is -2.40. The highest BCUT2D eigenvalue weighted by Crippen LogP contribution is 2.47. The summed E-state index contributed by atoms with van der Waals surface area (Å²) in [5, 5.41) is 16.4. The van der Waals surface area contributed by atoms with Crippen LogP contribution in [0.2, 0.25) is 0 Å². The van der Waals surface area contributed by atoms with Crippen molar-refractivity contribution < 1.29 is 45.3 Å². The Morgan fingerprint density at radius 3 is 1.05 bits per heavy atom. The summed E-state index contributed by atoms with van der Waals surface area (Å²) in [5.41, 5.74) is -4.70. The highest BCUT2D eigenvalue weighted by atomic mass is 19.3. The third-order valence-corrected chi connectivity index (χ3v) is 3.22. The zero-order valence-corrected chi connectivity index (χ0v) is 11.1. The normalized spacial score (nSPS) is 14.4. The summed E-state index contributed by atoms with van der Waals surface area (Å²) >= 11 is 0. The van der Waals surface area contributed by atoms with E-state index in [1.807, 2.05) is 0 Å². The lowest BCUT2D eigenvalue weighted by atomic mass is 9.91. The number of aliphatic hydroxyl groups is 2. The summed E-state index contributed by atoms with van der Waals surface area (Å²) in [4.78, 5) is 0. The van der Waals surface area contributed by atoms with Gasteiger partial charge in [0, 0.05) is 11.1 Å². The summed E-state index contributed by atoms with van der Waals surface area (Å²) in [5.74, 6) is -10.2. The standard InChI is InChI=1S/C12H10F8O2/c1-5-6(2)8(10(15,16)12(19,20)22)4-3-7(5)9(13,14)11(17,18)21/h3-4,21-22H,1-2H3. The Morgan fingerprint density at radius 2 is 0.864 bits per heavy atom. The SMILES string of the molecule is Cc1c(C(F)(F)C(O)(F)F)ccc(C(F)(F)C(O)(F)F)c1C. The van der Waals surface area contributed by atoms with Crippen molar-refractivity contribution in [3.05, 3.63) is 34.4 Å². The molecule has 126 valence electrons. The maximum atomic E-state index is 13.4. The molecule has 0 spiro atoms. The Bertz CT molecular complexity index is 521. The van der Waals surface area contributed by atoms with Crippen molar-refractivity contribution >= 4 is 0 Å². The van der Waals surface area contributed by atoms with Gasteiger partial charge in [-0.3, -0.25) is 0 Å². The maximum Gasteiger partial charge on any atom is 0.421 e. The van der Waals surface area contributed by atoms with Gasteiger partial charge in [0.2, 0.25) is 0 Å². The van der Waals surface area contributed by atoms with E-state index in [4.69, 9.17) is 10.2 Å². The van der Waals surface area contributed by atoms with E-state index in [-0.39, 0.29) is 12.1 Å². The predicted octanol–water partition coefficient (Wildman–Crippen LogP) is 3.66. The van der Waals surface area contributed by atoms with E-state index in [0.29, 0.717) is 0 Å². The van der Waals surface area contributed by atoms with E-state index in [2.05, 4.69) is 0 Å². The first kappa shape index (κ1) is 18.6. The van der Waals surface area contributed by atoms with Gasteiger partial charge in [0.25, 0.3) is 0 Å². The molecule has 1 rings (SSSR count). The molecule has 0 fully saturated rings. The van der Waals surface area contributed by atoms with Gasteiger partial charge in [-0.1, -0.05) is 12.1 Å². The average Bonchev–Trinajstić information content (AvgIpc) is 2.28. The van der Waals surface area contributed by atoms with Gasteiger partial charge >= 0.3 is 24.1 Å². The quantitative estimate of drug-likeness (QED) is 0.823. The lowest BCUT2D eigenvalue weighted by molar-refractivity contribution is -0.333. The second kappa shape index (κ2) is 5.05. The third kappa shape index (κ3) is 2.76. The zero-order valence-electron chi connectivity index (χ0n) is 11.1. The number of hydrogen-bond acceptors (Lipinski definition) is 2. The van der Waals surface area contributed by atoms with Crippen molar-refractivity contribution in [2.45, 2.75) is 37.9 Å². The van der Waals surface area contributed by atoms with Crippen LogP contribution in [0.4, 0.5) is 35.1 Å². The summed E-state index contributed by atoms with van der Waals surface area (Å²) in [6.07, 6.45) is -11.0. The minimum Gasteiger partial charge on any atom is -0.331 e. The topological polar surface area (TPSA) is 40.5 Å². The van der Waals surface area contributed by atoms with Crippen LogP contribution >= 0.6 is 0 Å². The summed E-state index contributed by atoms with van der Waals surface area (Å²) in [6.45, 7) is 1.44. The van der Waals surface area contributed by atoms with Crippen molar-refractivity contribution in [3.8, 4) is 0 Å². The molecule has 2 nitrogen and oxygen atoms in total. The van der Waals surface area contributed by atoms with E-state index in [9.17, 15) is 35.1 Å². The van der Waals surface area contributed by atoms with Crippen LogP contribution in [0, 0.1) is 13.8 Å². The number of halogens is 8. The second-order valence-electron chi connectivity index (χ2n) is 4.64. The summed E-state index contributed by atoms with van der Waals surface area (Å²) < 4.78 is 104. The van der Waals surface area contributed by atoms with Crippen molar-refractivity contribution in [2.75, 3.05) is 0 Å². The number of hydrogen-bond donors (Lipinski definition) is 2. The maximum absolute atomic E-state index is 13.4. The Kier molecular flexibility index (Phi) is 4.28. The Hall–Kier alpha value is -1.42. The van der Waals surface area contributed by atoms with E-state index in [1.165, 1.54) is 0 Å². The summed E-state index contributed by atoms with van der Waals surface area (Å²) in [6, 6.07) is 0.142. The van der Waals surface area contributed by atoms with Crippen LogP contribution in [-0.4, -0.2) is 22.4 Å². The van der Waals surface area contributed by atoms with Crippen LogP contribution in [0.25, 0.3) is 0 Å². The third-order valence-electron chi connectivity index (χ3n) is 3.22. The van der Waals surface area contributed by atoms with Crippen LogP contribution < -0.4 is 0 Å². The van der Waals surface area contributed by atoms with Crippen LogP contribution in [-0.2, 0) is 11.8 Å². The van der Waals surface area contributed by atoms with Gasteiger partial charge in [-0.2, -0.15) is 35.1 Å². The Labute approximate surface area is 119 Å². The van der Waals surface area contributed by atoms with Gasteiger partial charge in [0.05, 0.1) is 0 Å². The average molecular weight is 338 g/mol. The first-order valence-electron chi connectivity index (χ1n) is 5.62. The van der Waals surface area contributed by atoms with Gasteiger partial charge in [-0.25, -0.2) is 0 Å². The van der Waals surface area contributed by atoms with Gasteiger partial charge in [0.15, 0.2) is 0 Å². The number of benzene rings is 1. The molecule has 1 aromatic carbocycles. The van der Waals surface area contributed by atoms with Gasteiger partial charge in [0.1, 0.15) is 0 Å². The van der Waals surface area contributed by atoms with Crippen LogP contribution in [0.5, 0.6) is 0 Å². The zero-order chi connectivity index (χ0) is 17.7. The molecule has 0 aliphatic carbocycles. The molecule has 0 saturated carbocycles. The van der Waals surface area contributed by atoms with Crippen molar-refractivity contribution in [2.24, 2.45) is 0 Å². The molecule has 0 aliphatic heterocycles. The molecule has 0 saturated heterocycles. The monoisotopic (exact) mass is 338 g/mol. The molecule has 0 unspecified atom stereocenters. The van der Waals surface area contributed by atoms with E-state index < -0.39 is 46.3 Å². The fourth-order valence-electron chi connectivity index (χ4n) is 1.83. The molecular formula is C12H10F8O2. The molecule has 0 aromatic heterocycles. The first-order valence-corrected chi connectivity index (χ1v) is 5.62. The Balaban J connectivity index is 3.56. The molecule has 10 heteroatoms. The highest BCUT2D eigenvalue weighted by Gasteiger charge is 2.60. The van der Waals surface area contributed by atoms with Crippen LogP contribution in [0.15, 0.2) is 12.1 Å². The minimum atomic E-state index is -5.48. The fourth-order valence-corrected chi connectivity index (χ4v) is 1.83. The Morgan fingerprint density at radius 1 is 0.636 bits per heavy atom. The van der Waals surface area contributed by atoms with Crippen molar-refractivity contribution in [1.82, 2.24) is 0 Å². The number of rotatable bonds is 4. The smallest absolute Gasteiger partial charge is 0.331 e. The van der Waals surface area contributed by atoms with E-state index in [1.54, 1.807) is 0 Å². The largest absolute Gasteiger partial charge is 0.421 e. The molecule has 0 aliphatic rings. The highest BCUT2D eigenvalue weighted by molar-refractivity contribution is 5.44. The van der Waals surface area contributed by atoms with Crippen molar-refractivity contribution in [3.63, 3.8) is 0 Å². The lowest BCUT2D eigenvalue weighted by Gasteiger charge is -2.27. The fraction of sp³-hybridized carbons (Fsp3) is 0.500. The molecule has 22 heavy (non-hydrogen) atoms. The van der Waals surface area contributed by atoms with E-state index >= 15 is 0 Å². The molecule has 0 radical (unpaired) electrons. The minimum absolute atomic E-state index is 0.0709. The van der Waals surface area contributed by atoms with Gasteiger partial charge < -0.3 is 10.2 Å². The van der Waals surface area contributed by atoms with Crippen molar-refractivity contribution in [1.29, 1.82) is 0 Å². The summed E-state index contributed by atoms with van der Waals surface area (Å²) in [7, 11) is 0.